The first-order chi connectivity index (χ1) is 17.5. The second kappa shape index (κ2) is 14.9. The Morgan fingerprint density at radius 1 is 0.973 bits per heavy atom. The van der Waals surface area contributed by atoms with E-state index in [4.69, 9.17) is 5.14 Å². The smallest absolute Gasteiger partial charge is 0.169 e. The van der Waals surface area contributed by atoms with E-state index in [2.05, 4.69) is 4.40 Å². The van der Waals surface area contributed by atoms with Crippen LogP contribution in [0.5, 0.6) is 0 Å². The van der Waals surface area contributed by atoms with Gasteiger partial charge in [-0.3, -0.25) is 4.79 Å². The van der Waals surface area contributed by atoms with Crippen LogP contribution in [0.2, 0.25) is 0 Å². The second-order valence-corrected chi connectivity index (χ2v) is 11.2. The van der Waals surface area contributed by atoms with E-state index in [0.717, 1.165) is 18.6 Å². The first kappa shape index (κ1) is 31.3. The summed E-state index contributed by atoms with van der Waals surface area (Å²) in [6.07, 6.45) is 1.88. The third-order valence-corrected chi connectivity index (χ3v) is 8.34. The van der Waals surface area contributed by atoms with Crippen LogP contribution in [0.1, 0.15) is 86.7 Å². The molecule has 0 saturated carbocycles. The van der Waals surface area contributed by atoms with Crippen LogP contribution in [-0.4, -0.2) is 31.6 Å². The number of benzene rings is 2. The topological polar surface area (TPSA) is 102 Å². The van der Waals surface area contributed by atoms with Gasteiger partial charge in [0.2, 0.25) is 0 Å². The molecule has 2 N–H and O–H groups in total. The van der Waals surface area contributed by atoms with E-state index in [1.54, 1.807) is 0 Å². The van der Waals surface area contributed by atoms with Crippen LogP contribution in [0.25, 0.3) is 0 Å². The van der Waals surface area contributed by atoms with Gasteiger partial charge in [-0.2, -0.15) is 5.14 Å². The van der Waals surface area contributed by atoms with Gasteiger partial charge in [0.15, 0.2) is 29.1 Å². The van der Waals surface area contributed by atoms with E-state index in [9.17, 15) is 22.7 Å². The highest BCUT2D eigenvalue weighted by molar-refractivity contribution is 7.90. The van der Waals surface area contributed by atoms with E-state index in [1.807, 2.05) is 13.8 Å². The van der Waals surface area contributed by atoms with Crippen molar-refractivity contribution in [2.75, 3.05) is 5.75 Å². The zero-order valence-corrected chi connectivity index (χ0v) is 22.7. The molecule has 204 valence electrons. The summed E-state index contributed by atoms with van der Waals surface area (Å²) in [4.78, 5) is 12.7. The molecule has 11 heteroatoms. The molecule has 2 aromatic rings. The van der Waals surface area contributed by atoms with E-state index in [-0.39, 0.29) is 29.7 Å². The number of nitrogens with two attached hydrogens (primary N) is 1. The lowest BCUT2D eigenvalue weighted by molar-refractivity contribution is 0.0971. The van der Waals surface area contributed by atoms with E-state index >= 15 is 8.78 Å². The summed E-state index contributed by atoms with van der Waals surface area (Å²) >= 11 is -3.52. The fourth-order valence-corrected chi connectivity index (χ4v) is 6.20. The molecule has 0 aliphatic rings. The maximum Gasteiger partial charge on any atom is 0.169 e. The van der Waals surface area contributed by atoms with Crippen LogP contribution >= 0.6 is 0 Å². The summed E-state index contributed by atoms with van der Waals surface area (Å²) < 4.78 is 86.7. The van der Waals surface area contributed by atoms with Gasteiger partial charge in [0.25, 0.3) is 0 Å². The lowest BCUT2D eigenvalue weighted by atomic mass is 9.86. The molecule has 0 amide bonds. The molecule has 0 heterocycles. The molecule has 0 bridgehead atoms. The number of carbonyl (C=O) groups excluding carboxylic acids is 1. The maximum atomic E-state index is 15.4. The Morgan fingerprint density at radius 2 is 1.68 bits per heavy atom. The largest absolute Gasteiger partial charge is 0.598 e. The predicted molar refractivity (Wildman–Crippen MR) is 140 cm³/mol. The lowest BCUT2D eigenvalue weighted by Gasteiger charge is -2.27. The number of hydrogen-bond acceptors (Lipinski definition) is 5. The molecule has 5 nitrogen and oxygen atoms in total. The highest BCUT2D eigenvalue weighted by atomic mass is 32.2. The Bertz CT molecular complexity index is 1100. The molecule has 0 radical (unpaired) electrons. The number of carbonyl (C=O) groups is 1. The van der Waals surface area contributed by atoms with Gasteiger partial charge >= 0.3 is 0 Å². The Hall–Kier alpha value is -1.92. The number of hydrogen-bond donors (Lipinski definition) is 1. The third-order valence-electron chi connectivity index (χ3n) is 6.07. The van der Waals surface area contributed by atoms with E-state index in [0.29, 0.717) is 25.0 Å². The monoisotopic (exact) mass is 560 g/mol. The van der Waals surface area contributed by atoms with Gasteiger partial charge in [-0.05, 0) is 49.9 Å². The van der Waals surface area contributed by atoms with Gasteiger partial charge in [-0.25, -0.2) is 17.6 Å². The normalized spacial score (nSPS) is 15.4. The number of halogens is 4. The highest BCUT2D eigenvalue weighted by Gasteiger charge is 2.35. The van der Waals surface area contributed by atoms with Crippen LogP contribution in [0.3, 0.4) is 0 Å². The first-order valence-corrected chi connectivity index (χ1v) is 14.6. The molecule has 2 aromatic carbocycles. The van der Waals surface area contributed by atoms with Gasteiger partial charge < -0.3 is 9.11 Å². The van der Waals surface area contributed by atoms with E-state index in [1.165, 1.54) is 25.1 Å². The lowest BCUT2D eigenvalue weighted by Crippen LogP contribution is -2.35. The average Bonchev–Trinajstić information content (AvgIpc) is 2.85. The highest BCUT2D eigenvalue weighted by Crippen LogP contribution is 2.35. The molecule has 0 spiro atoms. The molecular formula is C26H32F4N2O3S2. The Labute approximate surface area is 221 Å². The minimum absolute atomic E-state index is 0.0678. The minimum Gasteiger partial charge on any atom is -0.598 e. The summed E-state index contributed by atoms with van der Waals surface area (Å²) in [7, 11) is 0. The minimum atomic E-state index is -1.94. The Kier molecular flexibility index (Phi) is 12.6. The zero-order chi connectivity index (χ0) is 27.7. The third kappa shape index (κ3) is 8.28. The van der Waals surface area contributed by atoms with Crippen molar-refractivity contribution in [2.24, 2.45) is 9.54 Å². The van der Waals surface area contributed by atoms with Gasteiger partial charge in [0.1, 0.15) is 11.0 Å². The predicted octanol–water partition coefficient (Wildman–Crippen LogP) is 6.05. The van der Waals surface area contributed by atoms with Crippen LogP contribution in [0.15, 0.2) is 34.7 Å². The molecule has 37 heavy (non-hydrogen) atoms. The summed E-state index contributed by atoms with van der Waals surface area (Å²) in [5.41, 5.74) is -0.683. The van der Waals surface area contributed by atoms with E-state index < -0.39 is 68.5 Å². The van der Waals surface area contributed by atoms with Crippen molar-refractivity contribution in [1.29, 1.82) is 0 Å². The number of unbranched alkanes of at least 4 members (excludes halogenated alkanes) is 1. The zero-order valence-electron chi connectivity index (χ0n) is 21.1. The molecule has 0 aliphatic heterocycles. The van der Waals surface area contributed by atoms with Gasteiger partial charge in [-0.1, -0.05) is 43.2 Å². The van der Waals surface area contributed by atoms with Crippen molar-refractivity contribution in [1.82, 2.24) is 0 Å². The average molecular weight is 561 g/mol. The maximum absolute atomic E-state index is 15.4. The molecule has 0 aromatic heterocycles. The number of nitrogens with zero attached hydrogens (tertiary/aromatic N) is 1. The number of ketones is 1. The van der Waals surface area contributed by atoms with Crippen molar-refractivity contribution in [2.45, 2.75) is 70.5 Å². The standard InChI is InChI=1S/C26H32F4N2O3S2/c1-4-6-15-36(34)32-16(3)17-11-12-19(26(30)25(17)29)18(23(8-5-2)37(31)35)13-14-22(33)20-9-7-10-21(27)24(20)28/h7,9-12,18,23H,4-6,8,13-15,31H2,1-3H3/t18?,23-,36?,37?/m1/s1. The first-order valence-electron chi connectivity index (χ1n) is 12.1. The fraction of sp³-hybridized carbons (Fsp3) is 0.462. The van der Waals surface area contributed by atoms with Crippen LogP contribution in [0.4, 0.5) is 17.6 Å². The fourth-order valence-electron chi connectivity index (χ4n) is 4.09. The summed E-state index contributed by atoms with van der Waals surface area (Å²) in [6.45, 7) is 5.17. The molecule has 4 atom stereocenters. The van der Waals surface area contributed by atoms with Gasteiger partial charge in [-0.15, -0.1) is 0 Å². The Morgan fingerprint density at radius 3 is 2.30 bits per heavy atom. The molecule has 3 unspecified atom stereocenters. The summed E-state index contributed by atoms with van der Waals surface area (Å²) in [6, 6.07) is 5.84. The van der Waals surface area contributed by atoms with Crippen molar-refractivity contribution < 1.29 is 31.5 Å². The number of Topliss-reactive ketones (excluding diaryl/α,β-unsaturated/α-hetero) is 1. The van der Waals surface area contributed by atoms with Gasteiger partial charge in [0, 0.05) is 29.3 Å². The van der Waals surface area contributed by atoms with Crippen molar-refractivity contribution in [3.05, 3.63) is 70.3 Å². The van der Waals surface area contributed by atoms with Crippen molar-refractivity contribution in [3.8, 4) is 0 Å². The molecule has 0 aliphatic carbocycles. The van der Waals surface area contributed by atoms with Crippen LogP contribution < -0.4 is 5.14 Å². The summed E-state index contributed by atoms with van der Waals surface area (Å²) in [5, 5.41) is 4.88. The molecule has 0 saturated heterocycles. The summed E-state index contributed by atoms with van der Waals surface area (Å²) in [5.74, 6) is -6.25. The quantitative estimate of drug-likeness (QED) is 0.131. The van der Waals surface area contributed by atoms with Gasteiger partial charge in [0.05, 0.1) is 22.6 Å². The molecule has 0 fully saturated rings. The van der Waals surface area contributed by atoms with Crippen LogP contribution in [-0.2, 0) is 22.7 Å². The van der Waals surface area contributed by atoms with Crippen molar-refractivity contribution in [3.63, 3.8) is 0 Å². The van der Waals surface area contributed by atoms with Crippen molar-refractivity contribution >= 4 is 34.2 Å². The molecular weight excluding hydrogens is 528 g/mol. The van der Waals surface area contributed by atoms with Crippen LogP contribution in [0, 0.1) is 23.3 Å². The molecule has 2 rings (SSSR count). The number of rotatable bonds is 14. The SMILES string of the molecule is CCCC[S+]([O-])N=C(C)c1ccc(C(CCC(=O)c2cccc(F)c2F)[C@@H](CCC)[S+](N)[O-])c(F)c1F. The second-order valence-electron chi connectivity index (χ2n) is 8.71. The Balaban J connectivity index is 2.42.